The molecule has 0 bridgehead atoms. The van der Waals surface area contributed by atoms with Gasteiger partial charge in [0.25, 0.3) is 0 Å². The van der Waals surface area contributed by atoms with Crippen molar-refractivity contribution < 1.29 is 10.3 Å². The SMILES string of the molecule is CCCC(=O)[NH2+][O-]. The first-order valence-corrected chi connectivity index (χ1v) is 2.29. The molecule has 0 saturated heterocycles. The van der Waals surface area contributed by atoms with Crippen LogP contribution >= 0.6 is 0 Å². The molecule has 0 atom stereocenters. The number of primary amides is 1. The Labute approximate surface area is 42.3 Å². The summed E-state index contributed by atoms with van der Waals surface area (Å²) in [6.07, 6.45) is 1.15. The molecule has 0 aromatic rings. The molecule has 0 aliphatic carbocycles. The Kier molecular flexibility index (Phi) is 3.55. The number of nitrogens with two attached hydrogens (primary N) is 1. The average molecular weight is 103 g/mol. The normalized spacial score (nSPS) is 8.86. The summed E-state index contributed by atoms with van der Waals surface area (Å²) >= 11 is 0. The number of carbonyl (C=O) groups excluding carboxylic acids is 1. The number of amides is 1. The summed E-state index contributed by atoms with van der Waals surface area (Å²) in [7, 11) is 0. The number of hydrogen-bond donors (Lipinski definition) is 1. The lowest BCUT2D eigenvalue weighted by atomic mass is 10.3. The number of hydrogen-bond acceptors (Lipinski definition) is 2. The molecular formula is C4H9NO2. The van der Waals surface area contributed by atoms with Crippen LogP contribution in [0.4, 0.5) is 0 Å². The molecule has 0 aromatic heterocycles. The summed E-state index contributed by atoms with van der Waals surface area (Å²) in [6.45, 7) is 1.86. The van der Waals surface area contributed by atoms with E-state index in [2.05, 4.69) is 0 Å². The lowest BCUT2D eigenvalue weighted by molar-refractivity contribution is -0.500. The predicted octanol–water partition coefficient (Wildman–Crippen LogP) is -0.626. The fraction of sp³-hybridized carbons (Fsp3) is 0.750. The van der Waals surface area contributed by atoms with Crippen molar-refractivity contribution in [2.24, 2.45) is 0 Å². The summed E-state index contributed by atoms with van der Waals surface area (Å²) in [5.41, 5.74) is 0.365. The molecule has 42 valence electrons. The van der Waals surface area contributed by atoms with Crippen LogP contribution in [0.3, 0.4) is 0 Å². The second-order valence-corrected chi connectivity index (χ2v) is 1.33. The Hall–Kier alpha value is -0.410. The van der Waals surface area contributed by atoms with E-state index < -0.39 is 0 Å². The van der Waals surface area contributed by atoms with Gasteiger partial charge in [-0.05, 0) is 6.42 Å². The van der Waals surface area contributed by atoms with Crippen molar-refractivity contribution in [1.29, 1.82) is 0 Å². The molecule has 0 aromatic carbocycles. The Balaban J connectivity index is 3.00. The van der Waals surface area contributed by atoms with E-state index in [-0.39, 0.29) is 5.91 Å². The molecule has 0 aliphatic rings. The number of carbonyl (C=O) groups is 1. The van der Waals surface area contributed by atoms with Gasteiger partial charge in [-0.15, -0.1) is 0 Å². The lowest BCUT2D eigenvalue weighted by Gasteiger charge is -1.94. The van der Waals surface area contributed by atoms with E-state index in [9.17, 15) is 10.0 Å². The molecule has 3 heteroatoms. The average Bonchev–Trinajstić information content (AvgIpc) is 1.68. The van der Waals surface area contributed by atoms with Gasteiger partial charge in [0.2, 0.25) is 0 Å². The van der Waals surface area contributed by atoms with Crippen molar-refractivity contribution in [2.75, 3.05) is 0 Å². The summed E-state index contributed by atoms with van der Waals surface area (Å²) in [5, 5.41) is 9.55. The van der Waals surface area contributed by atoms with Crippen LogP contribution in [-0.2, 0) is 4.79 Å². The van der Waals surface area contributed by atoms with Gasteiger partial charge in [0, 0.05) is 0 Å². The first-order chi connectivity index (χ1) is 3.31. The van der Waals surface area contributed by atoms with E-state index in [0.29, 0.717) is 11.9 Å². The van der Waals surface area contributed by atoms with Crippen molar-refractivity contribution in [3.05, 3.63) is 5.21 Å². The molecule has 2 N–H and O–H groups in total. The van der Waals surface area contributed by atoms with Crippen LogP contribution in [0, 0.1) is 5.21 Å². The predicted molar refractivity (Wildman–Crippen MR) is 25.2 cm³/mol. The highest BCUT2D eigenvalue weighted by atomic mass is 16.5. The van der Waals surface area contributed by atoms with E-state index >= 15 is 0 Å². The van der Waals surface area contributed by atoms with Crippen LogP contribution in [0.15, 0.2) is 0 Å². The third-order valence-corrected chi connectivity index (χ3v) is 0.628. The Morgan fingerprint density at radius 1 is 1.86 bits per heavy atom. The molecule has 7 heavy (non-hydrogen) atoms. The lowest BCUT2D eigenvalue weighted by Crippen LogP contribution is -2.81. The highest BCUT2D eigenvalue weighted by Crippen LogP contribution is 1.79. The third-order valence-electron chi connectivity index (χ3n) is 0.628. The van der Waals surface area contributed by atoms with Gasteiger partial charge in [0.1, 0.15) is 0 Å². The molecule has 1 amide bonds. The van der Waals surface area contributed by atoms with Crippen LogP contribution in [0.1, 0.15) is 19.8 Å². The van der Waals surface area contributed by atoms with E-state index in [1.165, 1.54) is 0 Å². The first-order valence-electron chi connectivity index (χ1n) is 2.29. The zero-order valence-electron chi connectivity index (χ0n) is 4.31. The largest absolute Gasteiger partial charge is 0.628 e. The van der Waals surface area contributed by atoms with Gasteiger partial charge in [-0.25, -0.2) is 4.79 Å². The van der Waals surface area contributed by atoms with Crippen LogP contribution in [0.5, 0.6) is 0 Å². The Bertz CT molecular complexity index is 62.7. The van der Waals surface area contributed by atoms with E-state index in [1.807, 2.05) is 6.92 Å². The van der Waals surface area contributed by atoms with Gasteiger partial charge < -0.3 is 10.7 Å². The van der Waals surface area contributed by atoms with Crippen LogP contribution in [0.2, 0.25) is 0 Å². The first kappa shape index (κ1) is 6.59. The third kappa shape index (κ3) is 3.42. The van der Waals surface area contributed by atoms with E-state index in [0.717, 1.165) is 6.42 Å². The van der Waals surface area contributed by atoms with Gasteiger partial charge in [0.05, 0.1) is 6.42 Å². The van der Waals surface area contributed by atoms with Crippen LogP contribution in [0.25, 0.3) is 0 Å². The molecule has 0 fully saturated rings. The summed E-state index contributed by atoms with van der Waals surface area (Å²) in [4.78, 5) is 10.0. The standard InChI is InChI=1S/C4H9NO2/c1-2-3-4(6)5-7/h2-3,5H2,1H3. The summed E-state index contributed by atoms with van der Waals surface area (Å²) in [6, 6.07) is 0. The molecule has 0 radical (unpaired) electrons. The fourth-order valence-electron chi connectivity index (χ4n) is 0.305. The van der Waals surface area contributed by atoms with Crippen molar-refractivity contribution in [2.45, 2.75) is 19.8 Å². The maximum absolute atomic E-state index is 10.0. The van der Waals surface area contributed by atoms with Gasteiger partial charge >= 0.3 is 5.91 Å². The maximum Gasteiger partial charge on any atom is 0.310 e. The highest BCUT2D eigenvalue weighted by molar-refractivity contribution is 5.65. The number of hydroxylamine groups is 1. The molecule has 0 unspecified atom stereocenters. The van der Waals surface area contributed by atoms with Crippen LogP contribution < -0.4 is 5.48 Å². The number of rotatable bonds is 2. The van der Waals surface area contributed by atoms with Gasteiger partial charge in [-0.1, -0.05) is 6.92 Å². The minimum Gasteiger partial charge on any atom is -0.628 e. The zero-order chi connectivity index (χ0) is 5.70. The van der Waals surface area contributed by atoms with E-state index in [4.69, 9.17) is 0 Å². The minimum atomic E-state index is -0.303. The topological polar surface area (TPSA) is 56.7 Å². The van der Waals surface area contributed by atoms with Crippen molar-refractivity contribution >= 4 is 5.91 Å². The smallest absolute Gasteiger partial charge is 0.310 e. The molecule has 0 aliphatic heterocycles. The molecule has 0 saturated carbocycles. The molecule has 0 spiro atoms. The fourth-order valence-corrected chi connectivity index (χ4v) is 0.305. The van der Waals surface area contributed by atoms with Gasteiger partial charge in [0.15, 0.2) is 0 Å². The highest BCUT2D eigenvalue weighted by Gasteiger charge is 1.93. The van der Waals surface area contributed by atoms with Gasteiger partial charge in [-0.2, -0.15) is 0 Å². The van der Waals surface area contributed by atoms with Gasteiger partial charge in [-0.3, -0.25) is 0 Å². The number of quaternary nitrogens is 1. The Morgan fingerprint density at radius 2 is 2.43 bits per heavy atom. The Morgan fingerprint density at radius 3 is 2.57 bits per heavy atom. The van der Waals surface area contributed by atoms with E-state index in [1.54, 1.807) is 0 Å². The van der Waals surface area contributed by atoms with Crippen molar-refractivity contribution in [3.63, 3.8) is 0 Å². The molecule has 0 heterocycles. The van der Waals surface area contributed by atoms with Crippen molar-refractivity contribution in [1.82, 2.24) is 0 Å². The second-order valence-electron chi connectivity index (χ2n) is 1.33. The molecule has 0 rings (SSSR count). The molecule has 3 nitrogen and oxygen atoms in total. The summed E-state index contributed by atoms with van der Waals surface area (Å²) in [5.74, 6) is -0.303. The van der Waals surface area contributed by atoms with Crippen LogP contribution in [-0.4, -0.2) is 5.91 Å². The summed E-state index contributed by atoms with van der Waals surface area (Å²) < 4.78 is 0. The quantitative estimate of drug-likeness (QED) is 0.473. The zero-order valence-corrected chi connectivity index (χ0v) is 4.31. The minimum absolute atomic E-state index is 0.303. The second kappa shape index (κ2) is 3.77. The van der Waals surface area contributed by atoms with Crippen molar-refractivity contribution in [3.8, 4) is 0 Å². The monoisotopic (exact) mass is 103 g/mol. The maximum atomic E-state index is 10.0. The molecular weight excluding hydrogens is 94.0 g/mol.